The Hall–Kier alpha value is -4.53. The van der Waals surface area contributed by atoms with Crippen molar-refractivity contribution in [3.8, 4) is 5.75 Å². The van der Waals surface area contributed by atoms with Crippen LogP contribution in [0.3, 0.4) is 0 Å². The van der Waals surface area contributed by atoms with Gasteiger partial charge in [-0.15, -0.1) is 11.8 Å². The molecule has 4 aromatic rings. The van der Waals surface area contributed by atoms with Gasteiger partial charge in [-0.25, -0.2) is 0 Å². The molecule has 0 saturated heterocycles. The van der Waals surface area contributed by atoms with Crippen molar-refractivity contribution in [2.24, 2.45) is 0 Å². The van der Waals surface area contributed by atoms with Crippen LogP contribution in [0.2, 0.25) is 5.02 Å². The van der Waals surface area contributed by atoms with Gasteiger partial charge in [-0.05, 0) is 74.5 Å². The molecule has 0 aromatic heterocycles. The number of hydrogen-bond donors (Lipinski definition) is 3. The maximum Gasteiger partial charge on any atom is 0.272 e. The van der Waals surface area contributed by atoms with Gasteiger partial charge in [0, 0.05) is 32.4 Å². The molecule has 0 fully saturated rings. The molecular formula is C33H30ClN3O4S. The first-order valence-corrected chi connectivity index (χ1v) is 14.5. The highest BCUT2D eigenvalue weighted by Gasteiger charge is 2.18. The first kappa shape index (κ1) is 30.4. The molecule has 0 radical (unpaired) electrons. The highest BCUT2D eigenvalue weighted by molar-refractivity contribution is 8.00. The van der Waals surface area contributed by atoms with Crippen molar-refractivity contribution < 1.29 is 19.1 Å². The minimum atomic E-state index is -0.514. The van der Waals surface area contributed by atoms with Crippen LogP contribution in [0.4, 0.5) is 11.4 Å². The maximum atomic E-state index is 13.5. The third kappa shape index (κ3) is 8.73. The minimum Gasteiger partial charge on any atom is -0.493 e. The molecule has 1 atom stereocenters. The van der Waals surface area contributed by atoms with Crippen molar-refractivity contribution in [2.75, 3.05) is 17.2 Å². The molecule has 0 bridgehead atoms. The summed E-state index contributed by atoms with van der Waals surface area (Å²) in [6.07, 6.45) is 1.59. The second-order valence-corrected chi connectivity index (χ2v) is 10.9. The first-order valence-electron chi connectivity index (χ1n) is 13.3. The Balaban J connectivity index is 1.51. The van der Waals surface area contributed by atoms with E-state index < -0.39 is 17.1 Å². The number of thioether (sulfide) groups is 1. The average molecular weight is 600 g/mol. The topological polar surface area (TPSA) is 96.5 Å². The normalized spacial score (nSPS) is 11.7. The van der Waals surface area contributed by atoms with E-state index in [1.54, 1.807) is 91.9 Å². The van der Waals surface area contributed by atoms with E-state index in [4.69, 9.17) is 16.3 Å². The van der Waals surface area contributed by atoms with Crippen LogP contribution in [-0.4, -0.2) is 29.6 Å². The number of rotatable bonds is 11. The molecule has 1 unspecified atom stereocenters. The molecule has 7 nitrogen and oxygen atoms in total. The first-order chi connectivity index (χ1) is 20.3. The number of halogens is 1. The summed E-state index contributed by atoms with van der Waals surface area (Å²) in [7, 11) is 0. The summed E-state index contributed by atoms with van der Waals surface area (Å²) in [5.74, 6) is -0.532. The third-order valence-corrected chi connectivity index (χ3v) is 7.24. The lowest BCUT2D eigenvalue weighted by Crippen LogP contribution is -2.30. The highest BCUT2D eigenvalue weighted by Crippen LogP contribution is 2.28. The largest absolute Gasteiger partial charge is 0.493 e. The van der Waals surface area contributed by atoms with E-state index in [1.165, 1.54) is 11.8 Å². The molecule has 0 aliphatic rings. The lowest BCUT2D eigenvalue weighted by Gasteiger charge is -2.15. The fraction of sp³-hybridized carbons (Fsp3) is 0.121. The molecule has 3 N–H and O–H groups in total. The van der Waals surface area contributed by atoms with Gasteiger partial charge in [0.2, 0.25) is 5.91 Å². The molecule has 0 aliphatic carbocycles. The van der Waals surface area contributed by atoms with Gasteiger partial charge >= 0.3 is 0 Å². The monoisotopic (exact) mass is 599 g/mol. The average Bonchev–Trinajstić information content (AvgIpc) is 2.98. The lowest BCUT2D eigenvalue weighted by atomic mass is 10.1. The number of nitrogens with one attached hydrogen (secondary N) is 3. The molecule has 214 valence electrons. The Morgan fingerprint density at radius 3 is 2.29 bits per heavy atom. The molecule has 9 heteroatoms. The van der Waals surface area contributed by atoms with E-state index in [2.05, 4.69) is 16.0 Å². The van der Waals surface area contributed by atoms with Crippen LogP contribution in [0.15, 0.2) is 114 Å². The van der Waals surface area contributed by atoms with Gasteiger partial charge in [0.15, 0.2) is 0 Å². The number of anilines is 2. The number of para-hydroxylation sites is 1. The standard InChI is InChI=1S/C33H30ClN3O4S/c1-3-41-30-18-8-7-13-24(30)19-29(37-32(39)23-11-5-4-6-12-23)33(40)36-27-16-10-17-28(21-27)42-22(2)31(38)35-26-15-9-14-25(34)20-26/h4-22H,3H2,1-2H3,(H,35,38)(H,36,40)(H,37,39)/b29-19+. The van der Waals surface area contributed by atoms with Crippen LogP contribution in [0.25, 0.3) is 6.08 Å². The van der Waals surface area contributed by atoms with Crippen molar-refractivity contribution in [3.05, 3.63) is 125 Å². The molecular weight excluding hydrogens is 570 g/mol. The summed E-state index contributed by atoms with van der Waals surface area (Å²) in [6.45, 7) is 4.12. The number of carbonyl (C=O) groups is 3. The smallest absolute Gasteiger partial charge is 0.272 e. The zero-order valence-electron chi connectivity index (χ0n) is 23.1. The Kier molecular flexibility index (Phi) is 10.8. The third-order valence-electron chi connectivity index (χ3n) is 5.91. The summed E-state index contributed by atoms with van der Waals surface area (Å²) in [4.78, 5) is 40.0. The van der Waals surface area contributed by atoms with Crippen LogP contribution >= 0.6 is 23.4 Å². The molecule has 4 aromatic carbocycles. The molecule has 0 aliphatic heterocycles. The second-order valence-electron chi connectivity index (χ2n) is 9.09. The maximum absolute atomic E-state index is 13.5. The lowest BCUT2D eigenvalue weighted by molar-refractivity contribution is -0.115. The van der Waals surface area contributed by atoms with Crippen LogP contribution in [-0.2, 0) is 9.59 Å². The quantitative estimate of drug-likeness (QED) is 0.124. The molecule has 0 heterocycles. The number of benzene rings is 4. The van der Waals surface area contributed by atoms with Crippen molar-refractivity contribution in [1.29, 1.82) is 0 Å². The Labute approximate surface area is 254 Å². The van der Waals surface area contributed by atoms with Gasteiger partial charge in [-0.1, -0.05) is 60.1 Å². The van der Waals surface area contributed by atoms with E-state index in [-0.39, 0.29) is 11.6 Å². The van der Waals surface area contributed by atoms with Crippen molar-refractivity contribution in [3.63, 3.8) is 0 Å². The summed E-state index contributed by atoms with van der Waals surface area (Å²) < 4.78 is 5.71. The predicted molar refractivity (Wildman–Crippen MR) is 170 cm³/mol. The minimum absolute atomic E-state index is 0.0447. The van der Waals surface area contributed by atoms with E-state index in [0.29, 0.717) is 39.9 Å². The summed E-state index contributed by atoms with van der Waals surface area (Å²) in [5.41, 5.74) is 2.22. The summed E-state index contributed by atoms with van der Waals surface area (Å²) >= 11 is 7.37. The van der Waals surface area contributed by atoms with E-state index >= 15 is 0 Å². The van der Waals surface area contributed by atoms with Gasteiger partial charge < -0.3 is 20.7 Å². The molecule has 42 heavy (non-hydrogen) atoms. The van der Waals surface area contributed by atoms with Crippen molar-refractivity contribution in [2.45, 2.75) is 24.0 Å². The highest BCUT2D eigenvalue weighted by atomic mass is 35.5. The number of carbonyl (C=O) groups excluding carboxylic acids is 3. The fourth-order valence-electron chi connectivity index (χ4n) is 3.90. The Bertz CT molecular complexity index is 1590. The Morgan fingerprint density at radius 1 is 0.857 bits per heavy atom. The van der Waals surface area contributed by atoms with Crippen LogP contribution < -0.4 is 20.7 Å². The van der Waals surface area contributed by atoms with Crippen LogP contribution in [0.1, 0.15) is 29.8 Å². The molecule has 4 rings (SSSR count). The number of ether oxygens (including phenoxy) is 1. The van der Waals surface area contributed by atoms with E-state index in [9.17, 15) is 14.4 Å². The zero-order valence-corrected chi connectivity index (χ0v) is 24.7. The SMILES string of the molecule is CCOc1ccccc1/C=C(/NC(=O)c1ccccc1)C(=O)Nc1cccc(SC(C)C(=O)Nc2cccc(Cl)c2)c1. The van der Waals surface area contributed by atoms with Gasteiger partial charge in [0.25, 0.3) is 11.8 Å². The van der Waals surface area contributed by atoms with Gasteiger partial charge in [0.05, 0.1) is 11.9 Å². The predicted octanol–water partition coefficient (Wildman–Crippen LogP) is 7.27. The van der Waals surface area contributed by atoms with Gasteiger partial charge in [-0.3, -0.25) is 14.4 Å². The van der Waals surface area contributed by atoms with Crippen molar-refractivity contribution in [1.82, 2.24) is 5.32 Å². The van der Waals surface area contributed by atoms with E-state index in [1.807, 2.05) is 31.2 Å². The zero-order chi connectivity index (χ0) is 29.9. The van der Waals surface area contributed by atoms with Crippen LogP contribution in [0, 0.1) is 0 Å². The molecule has 0 spiro atoms. The second kappa shape index (κ2) is 14.9. The molecule has 3 amide bonds. The number of hydrogen-bond acceptors (Lipinski definition) is 5. The summed E-state index contributed by atoms with van der Waals surface area (Å²) in [6, 6.07) is 30.0. The van der Waals surface area contributed by atoms with Gasteiger partial charge in [0.1, 0.15) is 11.4 Å². The van der Waals surface area contributed by atoms with Crippen LogP contribution in [0.5, 0.6) is 5.75 Å². The number of amides is 3. The fourth-order valence-corrected chi connectivity index (χ4v) is 5.01. The molecule has 0 saturated carbocycles. The van der Waals surface area contributed by atoms with Crippen molar-refractivity contribution >= 4 is 58.5 Å². The van der Waals surface area contributed by atoms with Gasteiger partial charge in [-0.2, -0.15) is 0 Å². The summed E-state index contributed by atoms with van der Waals surface area (Å²) in [5, 5.41) is 8.58. The van der Waals surface area contributed by atoms with E-state index in [0.717, 1.165) is 4.90 Å². The Morgan fingerprint density at radius 2 is 1.55 bits per heavy atom.